The highest BCUT2D eigenvalue weighted by Gasteiger charge is 2.17. The molecule has 19 heavy (non-hydrogen) atoms. The Morgan fingerprint density at radius 1 is 1.53 bits per heavy atom. The van der Waals surface area contributed by atoms with Crippen LogP contribution in [0.2, 0.25) is 0 Å². The summed E-state index contributed by atoms with van der Waals surface area (Å²) in [7, 11) is 0. The van der Waals surface area contributed by atoms with E-state index in [-0.39, 0.29) is 29.7 Å². The van der Waals surface area contributed by atoms with Gasteiger partial charge in [-0.2, -0.15) is 0 Å². The molecule has 1 aromatic carbocycles. The lowest BCUT2D eigenvalue weighted by Crippen LogP contribution is -2.43. The van der Waals surface area contributed by atoms with Crippen molar-refractivity contribution in [3.63, 3.8) is 0 Å². The Balaban J connectivity index is 0.00000180. The minimum atomic E-state index is 0. The summed E-state index contributed by atoms with van der Waals surface area (Å²) in [6.45, 7) is 4.76. The predicted molar refractivity (Wildman–Crippen MR) is 88.8 cm³/mol. The predicted octanol–water partition coefficient (Wildman–Crippen LogP) is 2.56. The van der Waals surface area contributed by atoms with Gasteiger partial charge in [-0.25, -0.2) is 4.99 Å². The second kappa shape index (κ2) is 7.57. The second-order valence-corrected chi connectivity index (χ2v) is 5.04. The summed E-state index contributed by atoms with van der Waals surface area (Å²) in [5.74, 6) is 1.58. The molecule has 3 N–H and O–H groups in total. The van der Waals surface area contributed by atoms with E-state index < -0.39 is 0 Å². The van der Waals surface area contributed by atoms with E-state index in [2.05, 4.69) is 16.8 Å². The summed E-state index contributed by atoms with van der Waals surface area (Å²) in [5.41, 5.74) is 6.98. The molecule has 1 fully saturated rings. The Hall–Kier alpha value is -0.980. The highest BCUT2D eigenvalue weighted by atomic mass is 127. The minimum absolute atomic E-state index is 0. The van der Waals surface area contributed by atoms with Crippen molar-refractivity contribution in [1.82, 2.24) is 4.90 Å². The highest BCUT2D eigenvalue weighted by molar-refractivity contribution is 14.0. The van der Waals surface area contributed by atoms with Gasteiger partial charge in [-0.3, -0.25) is 0 Å². The summed E-state index contributed by atoms with van der Waals surface area (Å²) in [4.78, 5) is 6.55. The first-order valence-corrected chi connectivity index (χ1v) is 6.48. The number of aliphatic imine (C=N–C) groups is 1. The molecule has 1 atom stereocenters. The molecule has 5 heteroatoms. The number of guanidine groups is 1. The number of benzene rings is 1. The van der Waals surface area contributed by atoms with Gasteiger partial charge in [0.2, 0.25) is 0 Å². The topological polar surface area (TPSA) is 61.8 Å². The van der Waals surface area contributed by atoms with Crippen molar-refractivity contribution >= 4 is 29.9 Å². The number of halogens is 1. The summed E-state index contributed by atoms with van der Waals surface area (Å²) in [5, 5.41) is 9.37. The van der Waals surface area contributed by atoms with Crippen LogP contribution in [0.4, 0.5) is 0 Å². The number of rotatable bonds is 2. The average molecular weight is 375 g/mol. The molecule has 1 aliphatic rings. The maximum atomic E-state index is 9.37. The van der Waals surface area contributed by atoms with Crippen molar-refractivity contribution < 1.29 is 5.11 Å². The lowest BCUT2D eigenvalue weighted by molar-refractivity contribution is 0.270. The molecule has 106 valence electrons. The first-order valence-electron chi connectivity index (χ1n) is 6.48. The average Bonchev–Trinajstić information content (AvgIpc) is 2.36. The van der Waals surface area contributed by atoms with E-state index >= 15 is 0 Å². The number of aromatic hydroxyl groups is 1. The van der Waals surface area contributed by atoms with Gasteiger partial charge < -0.3 is 15.7 Å². The van der Waals surface area contributed by atoms with Crippen molar-refractivity contribution in [3.05, 3.63) is 29.8 Å². The minimum Gasteiger partial charge on any atom is -0.508 e. The molecule has 0 bridgehead atoms. The number of piperidine rings is 1. The van der Waals surface area contributed by atoms with Crippen LogP contribution in [0.1, 0.15) is 25.3 Å². The van der Waals surface area contributed by atoms with Crippen LogP contribution in [0.5, 0.6) is 5.75 Å². The lowest BCUT2D eigenvalue weighted by Gasteiger charge is -2.31. The largest absolute Gasteiger partial charge is 0.508 e. The van der Waals surface area contributed by atoms with Crippen molar-refractivity contribution in [2.45, 2.75) is 26.3 Å². The van der Waals surface area contributed by atoms with E-state index in [9.17, 15) is 5.11 Å². The number of nitrogens with two attached hydrogens (primary N) is 1. The maximum absolute atomic E-state index is 9.37. The summed E-state index contributed by atoms with van der Waals surface area (Å²) < 4.78 is 0. The first-order chi connectivity index (χ1) is 8.65. The van der Waals surface area contributed by atoms with E-state index in [0.717, 1.165) is 18.7 Å². The molecule has 0 spiro atoms. The van der Waals surface area contributed by atoms with Gasteiger partial charge in [-0.1, -0.05) is 19.1 Å². The maximum Gasteiger partial charge on any atom is 0.191 e. The zero-order chi connectivity index (χ0) is 13.0. The number of phenolic OH excluding ortho intramolecular Hbond substituents is 1. The molecule has 1 aromatic rings. The monoisotopic (exact) mass is 375 g/mol. The zero-order valence-corrected chi connectivity index (χ0v) is 13.6. The van der Waals surface area contributed by atoms with Gasteiger partial charge in [0.25, 0.3) is 0 Å². The normalized spacial score (nSPS) is 19.9. The second-order valence-electron chi connectivity index (χ2n) is 5.04. The van der Waals surface area contributed by atoms with Crippen LogP contribution in [-0.4, -0.2) is 29.1 Å². The first kappa shape index (κ1) is 16.1. The summed E-state index contributed by atoms with van der Waals surface area (Å²) >= 11 is 0. The Kier molecular flexibility index (Phi) is 6.41. The summed E-state index contributed by atoms with van der Waals surface area (Å²) in [6.07, 6.45) is 2.46. The van der Waals surface area contributed by atoms with Crippen molar-refractivity contribution in [1.29, 1.82) is 0 Å². The molecular formula is C14H22IN3O. The fraction of sp³-hybridized carbons (Fsp3) is 0.500. The van der Waals surface area contributed by atoms with E-state index in [1.807, 2.05) is 12.1 Å². The van der Waals surface area contributed by atoms with Crippen LogP contribution in [-0.2, 0) is 6.54 Å². The van der Waals surface area contributed by atoms with Gasteiger partial charge in [-0.15, -0.1) is 24.0 Å². The number of hydrogen-bond donors (Lipinski definition) is 2. The SMILES string of the molecule is CC1CCCN(C(N)=NCc2cccc(O)c2)C1.I. The van der Waals surface area contributed by atoms with Gasteiger partial charge in [-0.05, 0) is 36.5 Å². The quantitative estimate of drug-likeness (QED) is 0.475. The van der Waals surface area contributed by atoms with Crippen LogP contribution >= 0.6 is 24.0 Å². The molecule has 0 aromatic heterocycles. The Morgan fingerprint density at radius 3 is 3.00 bits per heavy atom. The number of hydrogen-bond acceptors (Lipinski definition) is 2. The van der Waals surface area contributed by atoms with Gasteiger partial charge >= 0.3 is 0 Å². The molecule has 0 saturated carbocycles. The smallest absolute Gasteiger partial charge is 0.191 e. The van der Waals surface area contributed by atoms with Crippen LogP contribution in [0.15, 0.2) is 29.3 Å². The van der Waals surface area contributed by atoms with Crippen molar-refractivity contribution in [2.24, 2.45) is 16.6 Å². The van der Waals surface area contributed by atoms with Crippen LogP contribution in [0.3, 0.4) is 0 Å². The molecule has 1 unspecified atom stereocenters. The van der Waals surface area contributed by atoms with Gasteiger partial charge in [0.15, 0.2) is 5.96 Å². The molecule has 1 aliphatic heterocycles. The number of likely N-dealkylation sites (tertiary alicyclic amines) is 1. The molecule has 0 aliphatic carbocycles. The summed E-state index contributed by atoms with van der Waals surface area (Å²) in [6, 6.07) is 7.13. The molecule has 4 nitrogen and oxygen atoms in total. The van der Waals surface area contributed by atoms with Crippen LogP contribution in [0.25, 0.3) is 0 Å². The third kappa shape index (κ3) is 4.89. The highest BCUT2D eigenvalue weighted by Crippen LogP contribution is 2.15. The van der Waals surface area contributed by atoms with E-state index in [1.54, 1.807) is 12.1 Å². The Labute approximate surface area is 131 Å². The fourth-order valence-corrected chi connectivity index (χ4v) is 2.32. The third-order valence-corrected chi connectivity index (χ3v) is 3.32. The fourth-order valence-electron chi connectivity index (χ4n) is 2.32. The lowest BCUT2D eigenvalue weighted by atomic mass is 10.0. The van der Waals surface area contributed by atoms with E-state index in [0.29, 0.717) is 18.4 Å². The van der Waals surface area contributed by atoms with Crippen LogP contribution < -0.4 is 5.73 Å². The van der Waals surface area contributed by atoms with Crippen LogP contribution in [0, 0.1) is 5.92 Å². The van der Waals surface area contributed by atoms with E-state index in [4.69, 9.17) is 5.73 Å². The molecule has 1 saturated heterocycles. The van der Waals surface area contributed by atoms with Crippen molar-refractivity contribution in [2.75, 3.05) is 13.1 Å². The van der Waals surface area contributed by atoms with Gasteiger partial charge in [0, 0.05) is 13.1 Å². The molecule has 2 rings (SSSR count). The van der Waals surface area contributed by atoms with Crippen molar-refractivity contribution in [3.8, 4) is 5.75 Å². The van der Waals surface area contributed by atoms with Gasteiger partial charge in [0.1, 0.15) is 5.75 Å². The molecular weight excluding hydrogens is 353 g/mol. The number of phenols is 1. The van der Waals surface area contributed by atoms with Gasteiger partial charge in [0.05, 0.1) is 6.54 Å². The van der Waals surface area contributed by atoms with E-state index in [1.165, 1.54) is 12.8 Å². The molecule has 0 amide bonds. The zero-order valence-electron chi connectivity index (χ0n) is 11.2. The molecule has 0 radical (unpaired) electrons. The Bertz CT molecular complexity index is 436. The molecule has 1 heterocycles. The number of nitrogens with zero attached hydrogens (tertiary/aromatic N) is 2. The third-order valence-electron chi connectivity index (χ3n) is 3.32. The standard InChI is InChI=1S/C14H21N3O.HI/c1-11-4-3-7-17(10-11)14(15)16-9-12-5-2-6-13(18)8-12;/h2,5-6,8,11,18H,3-4,7,9-10H2,1H3,(H2,15,16);1H. The Morgan fingerprint density at radius 2 is 2.32 bits per heavy atom.